The van der Waals surface area contributed by atoms with E-state index in [0.29, 0.717) is 43.4 Å². The lowest BCUT2D eigenvalue weighted by Crippen LogP contribution is -2.68. The molecule has 0 fully saturated rings. The first-order chi connectivity index (χ1) is 49.4. The predicted molar refractivity (Wildman–Crippen MR) is 372 cm³/mol. The first kappa shape index (κ1) is 85.3. The fourth-order valence-corrected chi connectivity index (χ4v) is 10.8. The number of nitrogens with two attached hydrogens (primary N) is 1. The molecular weight excluding hydrogens is 1350 g/mol. The van der Waals surface area contributed by atoms with Gasteiger partial charge in [0.15, 0.2) is 6.04 Å². The van der Waals surface area contributed by atoms with E-state index in [1.807, 2.05) is 49.4 Å². The summed E-state index contributed by atoms with van der Waals surface area (Å²) >= 11 is 0. The number of rotatable bonds is 46. The van der Waals surface area contributed by atoms with E-state index < -0.39 is 194 Å². The molecular formula is C71H99N15O18. The Balaban J connectivity index is 1.52. The van der Waals surface area contributed by atoms with Crippen LogP contribution in [-0.4, -0.2) is 174 Å². The number of phenols is 1. The third-order valence-electron chi connectivity index (χ3n) is 16.5. The Morgan fingerprint density at radius 1 is 0.481 bits per heavy atom. The van der Waals surface area contributed by atoms with Crippen molar-refractivity contribution >= 4 is 99.5 Å². The van der Waals surface area contributed by atoms with E-state index >= 15 is 0 Å². The molecule has 21 N–H and O–H groups in total. The van der Waals surface area contributed by atoms with Crippen molar-refractivity contribution in [3.8, 4) is 5.75 Å². The summed E-state index contributed by atoms with van der Waals surface area (Å²) in [6, 6.07) is 11.5. The van der Waals surface area contributed by atoms with Gasteiger partial charge in [0, 0.05) is 45.4 Å². The fourth-order valence-electron chi connectivity index (χ4n) is 10.8. The number of phenolic OH excluding ortho intramolecular Hbond substituents is 1. The molecule has 33 nitrogen and oxygen atoms in total. The Bertz CT molecular complexity index is 3610. The standard InChI is InChI=1S/C71H99N15O18/c1-6-7-22-49(79-58(89)36-48(73)63(95)77-39-45-20-15-19-44-18-11-12-21-47(44)45)66(98)81-51(28-30-61(92)93)68(100)84-54(64(96)75-5)37-59(90)78-41(4)62(94)83-53(35-43-23-25-46(87)26-24-43)70(102)82-50(27-29-57(74)88)67(99)85-55(65(97)76-32-14-13-31-72)38-60(91)80-52(34-42-16-9-8-10-17-42)69(101)86-56(71(103)104)33-40(2)3/h8-12,15-21,23-26,40-41,48-56,87H,6-7,13-14,22,27-39,72-73H2,1-5H3,(H2,74,88)(H,75,96)(H,76,97)(H,77,95)(H,78,90)(H,79,89)(H,80,91)(H,81,98)(H,82,102)(H,83,94)(H,84,100)(H,85,99)(H,86,101)(H,92,93)(H,103,104)/t41-,48-,49-,50-,51-,52-,53-,54-,55-,56-/m0/s1. The van der Waals surface area contributed by atoms with Crippen LogP contribution in [0.3, 0.4) is 0 Å². The molecule has 4 rings (SSSR count). The SMILES string of the molecule is CCCC[C@H](NC(=O)C[C@H]([NH3+])C(=O)NCc1cccc2ccccc12)C(=O)N[C@@H](CCC(=O)[O-])C(=O)N[C@@H](CC(=O)N[C@@H](C)C(=O)N[C@@H](Cc1ccc(O)cc1)C(=O)N[C@@H](CCC(N)=O)C(=O)N[C@@H](CC(=O)N[C@@H](Cc1ccccc1)C(=O)N[C@@H](CC(C)C)C(=O)[O-])C(=O)NCCCC[NH3+])C(=O)NC. The van der Waals surface area contributed by atoms with Gasteiger partial charge in [0.25, 0.3) is 5.91 Å². The number of unbranched alkanes of at least 4 members (excludes halogenated alkanes) is 2. The summed E-state index contributed by atoms with van der Waals surface area (Å²) < 4.78 is 0. The molecule has 0 spiro atoms. The molecule has 0 aliphatic heterocycles. The first-order valence-corrected chi connectivity index (χ1v) is 34.5. The van der Waals surface area contributed by atoms with Crippen molar-refractivity contribution in [2.45, 2.75) is 191 Å². The maximum Gasteiger partial charge on any atom is 0.278 e. The Kier molecular flexibility index (Phi) is 36.4. The maximum absolute atomic E-state index is 14.5. The van der Waals surface area contributed by atoms with Gasteiger partial charge < -0.3 is 106 Å². The van der Waals surface area contributed by atoms with Crippen molar-refractivity contribution in [3.63, 3.8) is 0 Å². The van der Waals surface area contributed by atoms with Crippen molar-refractivity contribution in [2.75, 3.05) is 20.1 Å². The molecule has 0 heterocycles. The van der Waals surface area contributed by atoms with Gasteiger partial charge in [-0.1, -0.05) is 119 Å². The number of carbonyl (C=O) groups excluding carboxylic acids is 15. The topological polar surface area (TPSA) is 548 Å². The summed E-state index contributed by atoms with van der Waals surface area (Å²) in [6.07, 6.45) is -3.16. The van der Waals surface area contributed by atoms with Crippen LogP contribution in [0.2, 0.25) is 0 Å². The van der Waals surface area contributed by atoms with Crippen LogP contribution in [-0.2, 0) is 91.3 Å². The number of carboxylic acids is 2. The zero-order valence-electron chi connectivity index (χ0n) is 59.2. The highest BCUT2D eigenvalue weighted by molar-refractivity contribution is 6.00. The molecule has 0 saturated carbocycles. The number of fused-ring (bicyclic) bond motifs is 1. The molecule has 33 heteroatoms. The largest absolute Gasteiger partial charge is 0.550 e. The van der Waals surface area contributed by atoms with E-state index in [2.05, 4.69) is 75.3 Å². The second-order valence-corrected chi connectivity index (χ2v) is 25.6. The van der Waals surface area contributed by atoms with Crippen molar-refractivity contribution < 1.29 is 98.7 Å². The molecule has 566 valence electrons. The maximum atomic E-state index is 14.5. The van der Waals surface area contributed by atoms with Crippen LogP contribution in [0, 0.1) is 5.92 Å². The number of likely N-dealkylation sites (N-methyl/N-ethyl adjacent to an activating group) is 1. The monoisotopic (exact) mass is 1450 g/mol. The van der Waals surface area contributed by atoms with Gasteiger partial charge in [0.05, 0.1) is 37.8 Å². The minimum atomic E-state index is -1.76. The number of hydrogen-bond donors (Lipinski definition) is 16. The highest BCUT2D eigenvalue weighted by atomic mass is 16.4. The van der Waals surface area contributed by atoms with Gasteiger partial charge in [-0.15, -0.1) is 0 Å². The Morgan fingerprint density at radius 3 is 1.54 bits per heavy atom. The van der Waals surface area contributed by atoms with Crippen LogP contribution < -0.4 is 91.2 Å². The quantitative estimate of drug-likeness (QED) is 0.0184. The van der Waals surface area contributed by atoms with E-state index in [9.17, 15) is 87.2 Å². The van der Waals surface area contributed by atoms with Crippen molar-refractivity contribution in [3.05, 3.63) is 114 Å². The molecule has 4 aromatic rings. The minimum Gasteiger partial charge on any atom is -0.550 e. The van der Waals surface area contributed by atoms with Crippen LogP contribution in [0.4, 0.5) is 0 Å². The van der Waals surface area contributed by atoms with Gasteiger partial charge in [-0.25, -0.2) is 0 Å². The summed E-state index contributed by atoms with van der Waals surface area (Å²) in [6.45, 7) is 7.17. The lowest BCUT2D eigenvalue weighted by molar-refractivity contribution is -0.402. The van der Waals surface area contributed by atoms with Crippen LogP contribution >= 0.6 is 0 Å². The zero-order chi connectivity index (χ0) is 77.0. The molecule has 0 aliphatic carbocycles. The van der Waals surface area contributed by atoms with Crippen LogP contribution in [0.15, 0.2) is 97.1 Å². The highest BCUT2D eigenvalue weighted by Gasteiger charge is 2.36. The molecule has 0 bridgehead atoms. The van der Waals surface area contributed by atoms with Crippen LogP contribution in [0.1, 0.15) is 128 Å². The van der Waals surface area contributed by atoms with E-state index in [-0.39, 0.29) is 50.4 Å². The third kappa shape index (κ3) is 30.6. The molecule has 10 atom stereocenters. The van der Waals surface area contributed by atoms with Crippen molar-refractivity contribution in [1.82, 2.24) is 63.8 Å². The lowest BCUT2D eigenvalue weighted by Gasteiger charge is -2.27. The number of primary amides is 1. The van der Waals surface area contributed by atoms with E-state index in [0.717, 1.165) is 16.3 Å². The third-order valence-corrected chi connectivity index (χ3v) is 16.5. The van der Waals surface area contributed by atoms with E-state index in [1.54, 1.807) is 44.2 Å². The number of hydrogen-bond acceptors (Lipinski definition) is 18. The number of aliphatic carboxylic acids is 2. The Morgan fingerprint density at radius 2 is 0.971 bits per heavy atom. The number of amides is 13. The smallest absolute Gasteiger partial charge is 0.278 e. The number of benzene rings is 4. The number of aromatic hydroxyl groups is 1. The average molecular weight is 1450 g/mol. The summed E-state index contributed by atoms with van der Waals surface area (Å²) in [5, 5.41) is 65.5. The number of quaternary nitrogens is 2. The molecule has 0 unspecified atom stereocenters. The summed E-state index contributed by atoms with van der Waals surface area (Å²) in [7, 11) is 1.17. The van der Waals surface area contributed by atoms with Gasteiger partial charge >= 0.3 is 0 Å². The molecule has 0 radical (unpaired) electrons. The second kappa shape index (κ2) is 44.3. The van der Waals surface area contributed by atoms with Crippen molar-refractivity contribution in [1.29, 1.82) is 0 Å². The average Bonchev–Trinajstić information content (AvgIpc) is 0.842. The Labute approximate surface area is 602 Å². The molecule has 0 aromatic heterocycles. The predicted octanol–water partition coefficient (Wildman–Crippen LogP) is -5.52. The van der Waals surface area contributed by atoms with Gasteiger partial charge in [0.1, 0.15) is 54.1 Å². The second-order valence-electron chi connectivity index (χ2n) is 25.6. The molecule has 4 aromatic carbocycles. The van der Waals surface area contributed by atoms with Crippen molar-refractivity contribution in [2.24, 2.45) is 11.7 Å². The zero-order valence-corrected chi connectivity index (χ0v) is 59.2. The van der Waals surface area contributed by atoms with Crippen LogP contribution in [0.5, 0.6) is 5.75 Å². The summed E-state index contributed by atoms with van der Waals surface area (Å²) in [4.78, 5) is 203. The lowest BCUT2D eigenvalue weighted by atomic mass is 10.0. The molecule has 13 amide bonds. The van der Waals surface area contributed by atoms with Gasteiger partial charge in [0.2, 0.25) is 70.9 Å². The van der Waals surface area contributed by atoms with Crippen LogP contribution in [0.25, 0.3) is 10.8 Å². The molecule has 104 heavy (non-hydrogen) atoms. The van der Waals surface area contributed by atoms with Gasteiger partial charge in [-0.05, 0) is 97.4 Å². The normalized spacial score (nSPS) is 13.9. The molecule has 0 aliphatic rings. The van der Waals surface area contributed by atoms with Gasteiger partial charge in [-0.3, -0.25) is 62.3 Å². The number of carbonyl (C=O) groups is 15. The number of nitrogens with one attached hydrogen (secondary N) is 12. The first-order valence-electron chi connectivity index (χ1n) is 34.5. The fraction of sp³-hybridized carbons (Fsp3) is 0.479. The Hall–Kier alpha value is -11.1. The number of carboxylic acid groups (broad SMARTS) is 2. The van der Waals surface area contributed by atoms with E-state index in [1.165, 1.54) is 38.2 Å². The summed E-state index contributed by atoms with van der Waals surface area (Å²) in [5.41, 5.74) is 14.8. The molecule has 0 saturated heterocycles. The van der Waals surface area contributed by atoms with Gasteiger partial charge in [-0.2, -0.15) is 0 Å². The highest BCUT2D eigenvalue weighted by Crippen LogP contribution is 2.19. The minimum absolute atomic E-state index is 0.00912. The van der Waals surface area contributed by atoms with E-state index in [4.69, 9.17) is 5.73 Å². The summed E-state index contributed by atoms with van der Waals surface area (Å²) in [5.74, 6) is -15.9.